The smallest absolute Gasteiger partial charge is 0.263 e. The van der Waals surface area contributed by atoms with E-state index in [1.54, 1.807) is 22.7 Å². The van der Waals surface area contributed by atoms with E-state index in [0.29, 0.717) is 10.9 Å². The summed E-state index contributed by atoms with van der Waals surface area (Å²) in [5.74, 6) is -0.0880. The topological polar surface area (TPSA) is 52.0 Å². The highest BCUT2D eigenvalue weighted by Crippen LogP contribution is 2.38. The molecule has 4 aromatic rings. The molecule has 28 heavy (non-hydrogen) atoms. The minimum absolute atomic E-state index is 0.00847. The number of benzene rings is 1. The second kappa shape index (κ2) is 7.45. The number of thiophene rings is 2. The van der Waals surface area contributed by atoms with Crippen LogP contribution in [0.25, 0.3) is 20.7 Å². The molecule has 0 saturated carbocycles. The normalized spacial score (nSPS) is 11.2. The molecule has 0 bridgehead atoms. The largest absolute Gasteiger partial charge is 0.292 e. The molecular formula is C22H20N2O2S2. The molecule has 142 valence electrons. The number of carbonyl (C=O) groups is 1. The van der Waals surface area contributed by atoms with Gasteiger partial charge >= 0.3 is 0 Å². The Labute approximate surface area is 171 Å². The molecule has 0 saturated heterocycles. The van der Waals surface area contributed by atoms with Crippen molar-refractivity contribution >= 4 is 38.7 Å². The lowest BCUT2D eigenvalue weighted by molar-refractivity contribution is 0.0970. The van der Waals surface area contributed by atoms with Crippen molar-refractivity contribution < 1.29 is 4.79 Å². The van der Waals surface area contributed by atoms with Crippen LogP contribution in [0.5, 0.6) is 0 Å². The molecule has 0 unspecified atom stereocenters. The van der Waals surface area contributed by atoms with Crippen LogP contribution in [0.1, 0.15) is 33.3 Å². The van der Waals surface area contributed by atoms with Gasteiger partial charge in [-0.05, 0) is 48.9 Å². The average Bonchev–Trinajstić information content (AvgIpc) is 3.33. The van der Waals surface area contributed by atoms with Gasteiger partial charge in [-0.15, -0.1) is 22.7 Å². The summed E-state index contributed by atoms with van der Waals surface area (Å²) in [4.78, 5) is 33.5. The van der Waals surface area contributed by atoms with Crippen molar-refractivity contribution in [2.24, 2.45) is 0 Å². The van der Waals surface area contributed by atoms with Gasteiger partial charge in [-0.3, -0.25) is 14.2 Å². The lowest BCUT2D eigenvalue weighted by atomic mass is 10.0. The number of hydrogen-bond donors (Lipinski definition) is 0. The van der Waals surface area contributed by atoms with E-state index in [4.69, 9.17) is 0 Å². The zero-order valence-electron chi connectivity index (χ0n) is 16.0. The van der Waals surface area contributed by atoms with Gasteiger partial charge in [0.05, 0.1) is 18.3 Å². The third-order valence-electron chi connectivity index (χ3n) is 4.98. The number of aromatic nitrogens is 2. The van der Waals surface area contributed by atoms with Crippen LogP contribution in [0.4, 0.5) is 0 Å². The van der Waals surface area contributed by atoms with Gasteiger partial charge in [0.25, 0.3) is 5.56 Å². The zero-order valence-corrected chi connectivity index (χ0v) is 17.6. The Hall–Kier alpha value is -2.57. The Balaban J connectivity index is 1.79. The van der Waals surface area contributed by atoms with Gasteiger partial charge in [-0.1, -0.05) is 25.1 Å². The molecule has 0 aliphatic carbocycles. The lowest BCUT2D eigenvalue weighted by Gasteiger charge is -2.07. The van der Waals surface area contributed by atoms with Crippen molar-refractivity contribution in [1.82, 2.24) is 9.55 Å². The van der Waals surface area contributed by atoms with Crippen LogP contribution in [0, 0.1) is 13.8 Å². The number of fused-ring (bicyclic) bond motifs is 1. The van der Waals surface area contributed by atoms with Crippen molar-refractivity contribution in [3.8, 4) is 10.4 Å². The molecule has 0 aliphatic heterocycles. The summed E-state index contributed by atoms with van der Waals surface area (Å²) in [7, 11) is 0. The van der Waals surface area contributed by atoms with Gasteiger partial charge in [0, 0.05) is 20.9 Å². The summed E-state index contributed by atoms with van der Waals surface area (Å²) >= 11 is 3.18. The molecule has 0 amide bonds. The third-order valence-corrected chi connectivity index (χ3v) is 7.11. The lowest BCUT2D eigenvalue weighted by Crippen LogP contribution is -2.24. The van der Waals surface area contributed by atoms with Crippen molar-refractivity contribution in [3.63, 3.8) is 0 Å². The molecule has 4 nitrogen and oxygen atoms in total. The van der Waals surface area contributed by atoms with Crippen LogP contribution in [0.15, 0.2) is 46.8 Å². The molecule has 0 fully saturated rings. The molecule has 1 aromatic carbocycles. The average molecular weight is 409 g/mol. The van der Waals surface area contributed by atoms with E-state index in [9.17, 15) is 9.59 Å². The number of hydrogen-bond acceptors (Lipinski definition) is 5. The maximum atomic E-state index is 13.2. The van der Waals surface area contributed by atoms with Crippen molar-refractivity contribution in [2.75, 3.05) is 0 Å². The first kappa shape index (κ1) is 18.8. The molecular weight excluding hydrogens is 388 g/mol. The monoisotopic (exact) mass is 408 g/mol. The number of Topliss-reactive ketones (excluding diaryl/α,β-unsaturated/α-hetero) is 1. The van der Waals surface area contributed by atoms with E-state index in [1.807, 2.05) is 49.6 Å². The van der Waals surface area contributed by atoms with E-state index in [0.717, 1.165) is 37.7 Å². The van der Waals surface area contributed by atoms with Gasteiger partial charge in [-0.2, -0.15) is 0 Å². The SMILES string of the molecule is CCc1sc2ncn(CC(=O)c3ccc(C)c(C)c3)c(=O)c2c1-c1cccs1. The van der Waals surface area contributed by atoms with Crippen LogP contribution in [-0.4, -0.2) is 15.3 Å². The van der Waals surface area contributed by atoms with Gasteiger partial charge in [0.2, 0.25) is 0 Å². The first-order valence-corrected chi connectivity index (χ1v) is 10.8. The quantitative estimate of drug-likeness (QED) is 0.424. The van der Waals surface area contributed by atoms with Crippen LogP contribution in [0.2, 0.25) is 0 Å². The predicted molar refractivity (Wildman–Crippen MR) is 117 cm³/mol. The van der Waals surface area contributed by atoms with Gasteiger partial charge < -0.3 is 0 Å². The fourth-order valence-corrected chi connectivity index (χ4v) is 5.23. The Morgan fingerprint density at radius 2 is 2.00 bits per heavy atom. The molecule has 3 aromatic heterocycles. The van der Waals surface area contributed by atoms with Gasteiger partial charge in [0.15, 0.2) is 5.78 Å². The highest BCUT2D eigenvalue weighted by Gasteiger charge is 2.20. The molecule has 6 heteroatoms. The first-order valence-electron chi connectivity index (χ1n) is 9.14. The maximum Gasteiger partial charge on any atom is 0.263 e. The first-order chi connectivity index (χ1) is 13.5. The Bertz CT molecular complexity index is 1230. The molecule has 3 heterocycles. The van der Waals surface area contributed by atoms with Crippen molar-refractivity contribution in [2.45, 2.75) is 33.7 Å². The van der Waals surface area contributed by atoms with E-state index in [1.165, 1.54) is 10.9 Å². The predicted octanol–water partition coefficient (Wildman–Crippen LogP) is 5.25. The number of ketones is 1. The van der Waals surface area contributed by atoms with Crippen LogP contribution < -0.4 is 5.56 Å². The molecule has 0 atom stereocenters. The zero-order chi connectivity index (χ0) is 19.8. The number of carbonyl (C=O) groups excluding carboxylic acids is 1. The van der Waals surface area contributed by atoms with Crippen molar-refractivity contribution in [3.05, 3.63) is 74.0 Å². The summed E-state index contributed by atoms with van der Waals surface area (Å²) < 4.78 is 1.43. The third kappa shape index (κ3) is 3.23. The molecule has 0 N–H and O–H groups in total. The van der Waals surface area contributed by atoms with Gasteiger partial charge in [0.1, 0.15) is 4.83 Å². The summed E-state index contributed by atoms with van der Waals surface area (Å²) in [6, 6.07) is 9.65. The number of nitrogens with zero attached hydrogens (tertiary/aromatic N) is 2. The Morgan fingerprint density at radius 3 is 2.68 bits per heavy atom. The molecule has 0 aliphatic rings. The summed E-state index contributed by atoms with van der Waals surface area (Å²) in [5, 5.41) is 2.64. The fraction of sp³-hybridized carbons (Fsp3) is 0.227. The minimum Gasteiger partial charge on any atom is -0.292 e. The maximum absolute atomic E-state index is 13.2. The minimum atomic E-state index is -0.151. The van der Waals surface area contributed by atoms with E-state index < -0.39 is 0 Å². The molecule has 0 spiro atoms. The standard InChI is InChI=1S/C22H20N2O2S2/c1-4-17-19(18-6-5-9-27-18)20-21(28-17)23-12-24(22(20)26)11-16(25)15-8-7-13(2)14(3)10-15/h5-10,12H,4,11H2,1-3H3. The summed E-state index contributed by atoms with van der Waals surface area (Å²) in [6.45, 7) is 6.08. The molecule has 0 radical (unpaired) electrons. The molecule has 4 rings (SSSR count). The van der Waals surface area contributed by atoms with Crippen LogP contribution >= 0.6 is 22.7 Å². The highest BCUT2D eigenvalue weighted by molar-refractivity contribution is 7.20. The Morgan fingerprint density at radius 1 is 1.18 bits per heavy atom. The Kier molecular flexibility index (Phi) is 5.00. The highest BCUT2D eigenvalue weighted by atomic mass is 32.1. The summed E-state index contributed by atoms with van der Waals surface area (Å²) in [5.41, 5.74) is 3.65. The number of aryl methyl sites for hydroxylation is 3. The van der Waals surface area contributed by atoms with Crippen LogP contribution in [0.3, 0.4) is 0 Å². The van der Waals surface area contributed by atoms with E-state index >= 15 is 0 Å². The second-order valence-electron chi connectivity index (χ2n) is 6.81. The number of rotatable bonds is 5. The van der Waals surface area contributed by atoms with Crippen LogP contribution in [-0.2, 0) is 13.0 Å². The summed E-state index contributed by atoms with van der Waals surface area (Å²) in [6.07, 6.45) is 2.34. The second-order valence-corrected chi connectivity index (χ2v) is 8.84. The fourth-order valence-electron chi connectivity index (χ4n) is 3.28. The van der Waals surface area contributed by atoms with Crippen molar-refractivity contribution in [1.29, 1.82) is 0 Å². The van der Waals surface area contributed by atoms with E-state index in [2.05, 4.69) is 11.9 Å². The van der Waals surface area contributed by atoms with E-state index in [-0.39, 0.29) is 17.9 Å². The van der Waals surface area contributed by atoms with Gasteiger partial charge in [-0.25, -0.2) is 4.98 Å².